The molecule has 1 aliphatic carbocycles. The van der Waals surface area contributed by atoms with Crippen molar-refractivity contribution >= 4 is 39.0 Å². The second-order valence-corrected chi connectivity index (χ2v) is 8.10. The number of aliphatic hydroxyl groups is 1. The highest BCUT2D eigenvalue weighted by Gasteiger charge is 2.26. The molecule has 0 spiro atoms. The molecule has 4 N–H and O–H groups in total. The van der Waals surface area contributed by atoms with E-state index in [1.54, 1.807) is 13.0 Å². The minimum Gasteiger partial charge on any atom is -0.485 e. The van der Waals surface area contributed by atoms with Crippen LogP contribution in [0.4, 0.5) is 15.9 Å². The molecule has 3 aromatic rings. The van der Waals surface area contributed by atoms with Crippen molar-refractivity contribution in [2.75, 3.05) is 5.32 Å². The number of halogens is 1. The molecule has 1 amide bonds. The van der Waals surface area contributed by atoms with Gasteiger partial charge in [-0.1, -0.05) is 6.42 Å². The van der Waals surface area contributed by atoms with Crippen LogP contribution in [-0.2, 0) is 0 Å². The Morgan fingerprint density at radius 1 is 1.34 bits per heavy atom. The van der Waals surface area contributed by atoms with Gasteiger partial charge in [0.1, 0.15) is 34.6 Å². The standard InChI is InChI=1S/C20H21FN4O3S/c1-10-16-19(23-9-24-20(16)29-17(10)18(22)27)25-12-7-6-11(21)8-15(12)28-14-5-3-2-4-13(14)26/h6-9,13-14,26H,2-5H2,1H3,(H2,22,27)(H,23,24,25)/t13-,14+/m0/s1. The fourth-order valence-electron chi connectivity index (χ4n) is 3.60. The summed E-state index contributed by atoms with van der Waals surface area (Å²) in [6, 6.07) is 4.17. The number of anilines is 2. The zero-order valence-corrected chi connectivity index (χ0v) is 16.6. The Labute approximate surface area is 170 Å². The third kappa shape index (κ3) is 3.88. The van der Waals surface area contributed by atoms with Crippen LogP contribution in [0.1, 0.15) is 40.9 Å². The van der Waals surface area contributed by atoms with Gasteiger partial charge in [-0.25, -0.2) is 14.4 Å². The molecule has 152 valence electrons. The molecule has 1 aromatic carbocycles. The molecule has 2 atom stereocenters. The molecule has 0 saturated heterocycles. The van der Waals surface area contributed by atoms with E-state index in [0.717, 1.165) is 12.8 Å². The van der Waals surface area contributed by atoms with Gasteiger partial charge in [-0.3, -0.25) is 4.79 Å². The summed E-state index contributed by atoms with van der Waals surface area (Å²) in [5, 5.41) is 14.1. The molecule has 0 aliphatic heterocycles. The largest absolute Gasteiger partial charge is 0.485 e. The van der Waals surface area contributed by atoms with Crippen LogP contribution in [-0.4, -0.2) is 33.2 Å². The lowest BCUT2D eigenvalue weighted by molar-refractivity contribution is 0.00712. The summed E-state index contributed by atoms with van der Waals surface area (Å²) >= 11 is 1.20. The molecule has 2 aromatic heterocycles. The minimum atomic E-state index is -0.581. The number of hydrogen-bond donors (Lipinski definition) is 3. The SMILES string of the molecule is Cc1c(C(N)=O)sc2ncnc(Nc3ccc(F)cc3O[C@@H]3CCCC[C@@H]3O)c12. The van der Waals surface area contributed by atoms with E-state index >= 15 is 0 Å². The number of nitrogens with one attached hydrogen (secondary N) is 1. The van der Waals surface area contributed by atoms with Crippen LogP contribution in [0, 0.1) is 12.7 Å². The predicted octanol–water partition coefficient (Wildman–Crippen LogP) is 3.66. The number of aryl methyl sites for hydroxylation is 1. The fraction of sp³-hybridized carbons (Fsp3) is 0.350. The molecule has 1 saturated carbocycles. The second-order valence-electron chi connectivity index (χ2n) is 7.10. The lowest BCUT2D eigenvalue weighted by atomic mass is 9.95. The summed E-state index contributed by atoms with van der Waals surface area (Å²) in [6.07, 6.45) is 3.70. The number of hydrogen-bond acceptors (Lipinski definition) is 7. The number of carbonyl (C=O) groups is 1. The van der Waals surface area contributed by atoms with E-state index < -0.39 is 17.8 Å². The van der Waals surface area contributed by atoms with E-state index in [1.807, 2.05) is 0 Å². The molecular formula is C20H21FN4O3S. The number of thiophene rings is 1. The summed E-state index contributed by atoms with van der Waals surface area (Å²) in [4.78, 5) is 21.2. The molecular weight excluding hydrogens is 395 g/mol. The zero-order chi connectivity index (χ0) is 20.5. The predicted molar refractivity (Wildman–Crippen MR) is 109 cm³/mol. The van der Waals surface area contributed by atoms with Crippen molar-refractivity contribution in [2.24, 2.45) is 5.73 Å². The molecule has 4 rings (SSSR count). The third-order valence-electron chi connectivity index (χ3n) is 5.09. The second kappa shape index (κ2) is 7.92. The van der Waals surface area contributed by atoms with Gasteiger partial charge in [-0.15, -0.1) is 11.3 Å². The highest BCUT2D eigenvalue weighted by Crippen LogP contribution is 2.37. The number of nitrogens with zero attached hydrogens (tertiary/aromatic N) is 2. The normalized spacial score (nSPS) is 19.3. The van der Waals surface area contributed by atoms with Crippen molar-refractivity contribution in [2.45, 2.75) is 44.8 Å². The highest BCUT2D eigenvalue weighted by molar-refractivity contribution is 7.20. The van der Waals surface area contributed by atoms with Crippen molar-refractivity contribution in [3.63, 3.8) is 0 Å². The topological polar surface area (TPSA) is 110 Å². The molecule has 0 bridgehead atoms. The van der Waals surface area contributed by atoms with E-state index in [0.29, 0.717) is 50.8 Å². The Bertz CT molecular complexity index is 1070. The summed E-state index contributed by atoms with van der Waals surface area (Å²) < 4.78 is 19.9. The van der Waals surface area contributed by atoms with Gasteiger partial charge in [-0.2, -0.15) is 0 Å². The van der Waals surface area contributed by atoms with Crippen LogP contribution in [0.5, 0.6) is 5.75 Å². The molecule has 9 heteroatoms. The molecule has 0 radical (unpaired) electrons. The maximum absolute atomic E-state index is 13.9. The maximum Gasteiger partial charge on any atom is 0.259 e. The van der Waals surface area contributed by atoms with Crippen LogP contribution in [0.25, 0.3) is 10.2 Å². The lowest BCUT2D eigenvalue weighted by Gasteiger charge is -2.29. The number of ether oxygens (including phenoxy) is 1. The first kappa shape index (κ1) is 19.5. The number of benzene rings is 1. The van der Waals surface area contributed by atoms with Crippen LogP contribution in [0.15, 0.2) is 24.5 Å². The smallest absolute Gasteiger partial charge is 0.259 e. The lowest BCUT2D eigenvalue weighted by Crippen LogP contribution is -2.34. The van der Waals surface area contributed by atoms with Gasteiger partial charge in [0, 0.05) is 6.07 Å². The number of carbonyl (C=O) groups excluding carboxylic acids is 1. The van der Waals surface area contributed by atoms with Crippen LogP contribution in [0.3, 0.4) is 0 Å². The minimum absolute atomic E-state index is 0.297. The first-order valence-corrected chi connectivity index (χ1v) is 10.2. The molecule has 0 unspecified atom stereocenters. The molecule has 29 heavy (non-hydrogen) atoms. The number of fused-ring (bicyclic) bond motifs is 1. The summed E-state index contributed by atoms with van der Waals surface area (Å²) in [5.74, 6) is -0.192. The number of rotatable bonds is 5. The average Bonchev–Trinajstić information content (AvgIpc) is 3.04. The molecule has 1 aliphatic rings. The Balaban J connectivity index is 1.70. The number of amides is 1. The van der Waals surface area contributed by atoms with Crippen LogP contribution >= 0.6 is 11.3 Å². The first-order chi connectivity index (χ1) is 13.9. The quantitative estimate of drug-likeness (QED) is 0.585. The average molecular weight is 416 g/mol. The number of nitrogens with two attached hydrogens (primary N) is 1. The first-order valence-electron chi connectivity index (χ1n) is 9.39. The molecule has 7 nitrogen and oxygen atoms in total. The summed E-state index contributed by atoms with van der Waals surface area (Å²) in [6.45, 7) is 1.79. The molecule has 2 heterocycles. The van der Waals surface area contributed by atoms with E-state index in [-0.39, 0.29) is 6.10 Å². The Morgan fingerprint density at radius 3 is 2.90 bits per heavy atom. The van der Waals surface area contributed by atoms with E-state index in [1.165, 1.54) is 29.8 Å². The Hall–Kier alpha value is -2.78. The fourth-order valence-corrected chi connectivity index (χ4v) is 4.60. The van der Waals surface area contributed by atoms with Crippen molar-refractivity contribution in [3.8, 4) is 5.75 Å². The van der Waals surface area contributed by atoms with Crippen molar-refractivity contribution in [1.82, 2.24) is 9.97 Å². The van der Waals surface area contributed by atoms with Gasteiger partial charge in [0.25, 0.3) is 5.91 Å². The zero-order valence-electron chi connectivity index (χ0n) is 15.8. The third-order valence-corrected chi connectivity index (χ3v) is 6.31. The van der Waals surface area contributed by atoms with E-state index in [4.69, 9.17) is 10.5 Å². The number of aromatic nitrogens is 2. The van der Waals surface area contributed by atoms with Crippen molar-refractivity contribution < 1.29 is 19.0 Å². The van der Waals surface area contributed by atoms with E-state index in [2.05, 4.69) is 15.3 Å². The Morgan fingerprint density at radius 2 is 2.14 bits per heavy atom. The monoisotopic (exact) mass is 416 g/mol. The maximum atomic E-state index is 13.9. The van der Waals surface area contributed by atoms with Gasteiger partial charge >= 0.3 is 0 Å². The Kier molecular flexibility index (Phi) is 5.33. The summed E-state index contributed by atoms with van der Waals surface area (Å²) in [7, 11) is 0. The van der Waals surface area contributed by atoms with Gasteiger partial charge in [-0.05, 0) is 43.9 Å². The van der Waals surface area contributed by atoms with Gasteiger partial charge in [0.15, 0.2) is 0 Å². The van der Waals surface area contributed by atoms with Crippen molar-refractivity contribution in [1.29, 1.82) is 0 Å². The van der Waals surface area contributed by atoms with Crippen LogP contribution < -0.4 is 15.8 Å². The number of primary amides is 1. The van der Waals surface area contributed by atoms with Gasteiger partial charge in [0.2, 0.25) is 0 Å². The van der Waals surface area contributed by atoms with Crippen LogP contribution in [0.2, 0.25) is 0 Å². The van der Waals surface area contributed by atoms with Crippen molar-refractivity contribution in [3.05, 3.63) is 40.8 Å². The molecule has 1 fully saturated rings. The highest BCUT2D eigenvalue weighted by atomic mass is 32.1. The van der Waals surface area contributed by atoms with Gasteiger partial charge in [0.05, 0.1) is 22.1 Å². The number of aliphatic hydroxyl groups excluding tert-OH is 1. The van der Waals surface area contributed by atoms with E-state index in [9.17, 15) is 14.3 Å². The summed E-state index contributed by atoms with van der Waals surface area (Å²) in [5.41, 5.74) is 6.65. The van der Waals surface area contributed by atoms with Gasteiger partial charge < -0.3 is 20.9 Å².